The van der Waals surface area contributed by atoms with Crippen molar-refractivity contribution in [3.05, 3.63) is 12.2 Å². The van der Waals surface area contributed by atoms with E-state index in [2.05, 4.69) is 32.9 Å². The summed E-state index contributed by atoms with van der Waals surface area (Å²) < 4.78 is 0. The lowest BCUT2D eigenvalue weighted by atomic mass is 9.51. The second-order valence-corrected chi connectivity index (χ2v) is 5.62. The average molecular weight is 178 g/mol. The van der Waals surface area contributed by atoms with E-state index in [1.807, 2.05) is 0 Å². The van der Waals surface area contributed by atoms with Crippen molar-refractivity contribution in [2.75, 3.05) is 0 Å². The molecule has 0 aliphatic heterocycles. The van der Waals surface area contributed by atoms with Crippen LogP contribution >= 0.6 is 0 Å². The number of fused-ring (bicyclic) bond motifs is 2. The van der Waals surface area contributed by atoms with Crippen LogP contribution in [0.2, 0.25) is 0 Å². The molecule has 0 saturated heterocycles. The van der Waals surface area contributed by atoms with E-state index in [-0.39, 0.29) is 11.3 Å². The molecule has 3 rings (SSSR count). The number of aldehydes is 1. The minimum atomic E-state index is 0.139. The standard InChI is InChI=1S/C12H18O/c1-11(2)8-12(3)5-4-9(11)6-10(12)7-13/h4-5,7,9-10H,6,8H2,1-3H3. The molecular formula is C12H18O. The van der Waals surface area contributed by atoms with E-state index in [1.54, 1.807) is 0 Å². The number of hydrogen-bond donors (Lipinski definition) is 0. The highest BCUT2D eigenvalue weighted by molar-refractivity contribution is 5.57. The first-order valence-corrected chi connectivity index (χ1v) is 5.13. The van der Waals surface area contributed by atoms with E-state index < -0.39 is 0 Å². The summed E-state index contributed by atoms with van der Waals surface area (Å²) in [6, 6.07) is 0. The van der Waals surface area contributed by atoms with Gasteiger partial charge in [-0.15, -0.1) is 0 Å². The molecule has 3 unspecified atom stereocenters. The summed E-state index contributed by atoms with van der Waals surface area (Å²) in [6.07, 6.45) is 7.97. The Morgan fingerprint density at radius 1 is 1.38 bits per heavy atom. The molecule has 1 saturated carbocycles. The van der Waals surface area contributed by atoms with Crippen molar-refractivity contribution in [2.45, 2.75) is 33.6 Å². The number of hydrogen-bond acceptors (Lipinski definition) is 1. The van der Waals surface area contributed by atoms with Crippen molar-refractivity contribution < 1.29 is 4.79 Å². The molecule has 0 radical (unpaired) electrons. The number of carbonyl (C=O) groups is 1. The van der Waals surface area contributed by atoms with Gasteiger partial charge in [-0.1, -0.05) is 32.9 Å². The maximum atomic E-state index is 10.9. The second kappa shape index (κ2) is 2.46. The Labute approximate surface area is 80.2 Å². The van der Waals surface area contributed by atoms with Crippen LogP contribution in [0.15, 0.2) is 12.2 Å². The zero-order chi connectivity index (χ0) is 9.69. The minimum Gasteiger partial charge on any atom is -0.303 e. The number of rotatable bonds is 1. The first kappa shape index (κ1) is 8.98. The van der Waals surface area contributed by atoms with Gasteiger partial charge in [-0.3, -0.25) is 0 Å². The summed E-state index contributed by atoms with van der Waals surface area (Å²) in [4.78, 5) is 10.9. The fourth-order valence-corrected chi connectivity index (χ4v) is 3.17. The van der Waals surface area contributed by atoms with Gasteiger partial charge in [0.2, 0.25) is 0 Å². The van der Waals surface area contributed by atoms with Gasteiger partial charge in [0, 0.05) is 5.92 Å². The third kappa shape index (κ3) is 1.17. The van der Waals surface area contributed by atoms with Gasteiger partial charge < -0.3 is 4.79 Å². The van der Waals surface area contributed by atoms with Gasteiger partial charge in [0.15, 0.2) is 0 Å². The zero-order valence-corrected chi connectivity index (χ0v) is 8.71. The first-order valence-electron chi connectivity index (χ1n) is 5.13. The number of allylic oxidation sites excluding steroid dienone is 2. The summed E-state index contributed by atoms with van der Waals surface area (Å²) in [7, 11) is 0. The predicted molar refractivity (Wildman–Crippen MR) is 53.3 cm³/mol. The third-order valence-electron chi connectivity index (χ3n) is 4.07. The molecule has 0 N–H and O–H groups in total. The molecule has 3 atom stereocenters. The molecule has 1 fully saturated rings. The zero-order valence-electron chi connectivity index (χ0n) is 8.71. The van der Waals surface area contributed by atoms with Gasteiger partial charge in [0.25, 0.3) is 0 Å². The molecule has 2 bridgehead atoms. The van der Waals surface area contributed by atoms with E-state index in [1.165, 1.54) is 0 Å². The molecule has 1 nitrogen and oxygen atoms in total. The minimum absolute atomic E-state index is 0.139. The lowest BCUT2D eigenvalue weighted by molar-refractivity contribution is -0.118. The Kier molecular flexibility index (Phi) is 1.70. The van der Waals surface area contributed by atoms with E-state index in [0.29, 0.717) is 11.3 Å². The first-order chi connectivity index (χ1) is 5.98. The molecule has 0 heterocycles. The van der Waals surface area contributed by atoms with E-state index in [0.717, 1.165) is 19.1 Å². The molecule has 1 heteroatoms. The molecule has 0 aromatic heterocycles. The van der Waals surface area contributed by atoms with Crippen LogP contribution in [0.4, 0.5) is 0 Å². The normalized spacial score (nSPS) is 46.4. The Morgan fingerprint density at radius 3 is 2.54 bits per heavy atom. The molecule has 0 aromatic carbocycles. The summed E-state index contributed by atoms with van der Waals surface area (Å²) in [6.45, 7) is 6.86. The van der Waals surface area contributed by atoms with Gasteiger partial charge in [-0.05, 0) is 29.6 Å². The van der Waals surface area contributed by atoms with Gasteiger partial charge in [-0.25, -0.2) is 0 Å². The lowest BCUT2D eigenvalue weighted by Crippen LogP contribution is -2.46. The summed E-state index contributed by atoms with van der Waals surface area (Å²) in [5, 5.41) is 0. The highest BCUT2D eigenvalue weighted by atomic mass is 16.1. The maximum absolute atomic E-state index is 10.9. The number of carbonyl (C=O) groups excluding carboxylic acids is 1. The molecule has 0 amide bonds. The second-order valence-electron chi connectivity index (χ2n) is 5.62. The summed E-state index contributed by atoms with van der Waals surface area (Å²) in [5.41, 5.74) is 0.531. The van der Waals surface area contributed by atoms with Crippen LogP contribution in [-0.2, 0) is 4.79 Å². The van der Waals surface area contributed by atoms with Crippen molar-refractivity contribution >= 4 is 6.29 Å². The summed E-state index contributed by atoms with van der Waals surface area (Å²) >= 11 is 0. The van der Waals surface area contributed by atoms with Crippen molar-refractivity contribution in [3.63, 3.8) is 0 Å². The van der Waals surface area contributed by atoms with Gasteiger partial charge in [0.05, 0.1) is 0 Å². The Bertz CT molecular complexity index is 264. The monoisotopic (exact) mass is 178 g/mol. The largest absolute Gasteiger partial charge is 0.303 e. The molecular weight excluding hydrogens is 160 g/mol. The fraction of sp³-hybridized carbons (Fsp3) is 0.750. The van der Waals surface area contributed by atoms with Crippen LogP contribution in [0.3, 0.4) is 0 Å². The predicted octanol–water partition coefficient (Wildman–Crippen LogP) is 2.81. The quantitative estimate of drug-likeness (QED) is 0.446. The van der Waals surface area contributed by atoms with Gasteiger partial charge in [-0.2, -0.15) is 0 Å². The maximum Gasteiger partial charge on any atom is 0.123 e. The van der Waals surface area contributed by atoms with Crippen LogP contribution in [0.5, 0.6) is 0 Å². The van der Waals surface area contributed by atoms with Crippen LogP contribution in [0.1, 0.15) is 33.6 Å². The molecule has 72 valence electrons. The fourth-order valence-electron chi connectivity index (χ4n) is 3.17. The van der Waals surface area contributed by atoms with E-state index in [4.69, 9.17) is 0 Å². The molecule has 13 heavy (non-hydrogen) atoms. The third-order valence-corrected chi connectivity index (χ3v) is 4.07. The highest BCUT2D eigenvalue weighted by Crippen LogP contribution is 2.56. The van der Waals surface area contributed by atoms with Crippen molar-refractivity contribution in [2.24, 2.45) is 22.7 Å². The molecule has 0 spiro atoms. The molecule has 0 aromatic rings. The van der Waals surface area contributed by atoms with Crippen LogP contribution in [0, 0.1) is 22.7 Å². The van der Waals surface area contributed by atoms with Crippen LogP contribution in [0.25, 0.3) is 0 Å². The SMILES string of the molecule is CC1(C)CC2(C)C=CC1CC2C=O. The lowest BCUT2D eigenvalue weighted by Gasteiger charge is -2.53. The Morgan fingerprint density at radius 2 is 2.08 bits per heavy atom. The Hall–Kier alpha value is -0.590. The smallest absolute Gasteiger partial charge is 0.123 e. The van der Waals surface area contributed by atoms with E-state index in [9.17, 15) is 4.79 Å². The summed E-state index contributed by atoms with van der Waals surface area (Å²) in [5.74, 6) is 0.875. The average Bonchev–Trinajstić information content (AvgIpc) is 2.01. The van der Waals surface area contributed by atoms with Crippen molar-refractivity contribution in [1.82, 2.24) is 0 Å². The topological polar surface area (TPSA) is 17.1 Å². The van der Waals surface area contributed by atoms with Gasteiger partial charge in [0.1, 0.15) is 6.29 Å². The van der Waals surface area contributed by atoms with E-state index >= 15 is 0 Å². The van der Waals surface area contributed by atoms with Crippen LogP contribution < -0.4 is 0 Å². The van der Waals surface area contributed by atoms with Crippen LogP contribution in [-0.4, -0.2) is 6.29 Å². The molecule has 3 aliphatic carbocycles. The Balaban J connectivity index is 2.37. The van der Waals surface area contributed by atoms with Crippen molar-refractivity contribution in [3.8, 4) is 0 Å². The van der Waals surface area contributed by atoms with Crippen molar-refractivity contribution in [1.29, 1.82) is 0 Å². The molecule has 3 aliphatic rings. The highest BCUT2D eigenvalue weighted by Gasteiger charge is 2.49. The van der Waals surface area contributed by atoms with Gasteiger partial charge >= 0.3 is 0 Å².